The maximum Gasteiger partial charge on any atom is 0.162 e. The van der Waals surface area contributed by atoms with Crippen molar-refractivity contribution in [3.05, 3.63) is 16.3 Å². The number of ether oxygens (including phenoxy) is 1. The standard InChI is InChI=1S/C15H21N3OS2/c1-4-5-16-14-12-9(2)10(3)21-15(12)18-13(17-14)11-8-20-7-6-19-11/h11H,4-8H2,1-3H3,(H,16,17,18). The molecule has 1 aliphatic rings. The van der Waals surface area contributed by atoms with E-state index in [0.29, 0.717) is 0 Å². The van der Waals surface area contributed by atoms with E-state index in [9.17, 15) is 0 Å². The fourth-order valence-electron chi connectivity index (χ4n) is 2.42. The van der Waals surface area contributed by atoms with Crippen molar-refractivity contribution in [3.8, 4) is 0 Å². The highest BCUT2D eigenvalue weighted by molar-refractivity contribution is 7.99. The third kappa shape index (κ3) is 3.03. The summed E-state index contributed by atoms with van der Waals surface area (Å²) in [5, 5.41) is 4.64. The first kappa shape index (κ1) is 15.1. The summed E-state index contributed by atoms with van der Waals surface area (Å²) >= 11 is 3.66. The number of nitrogens with zero attached hydrogens (tertiary/aromatic N) is 2. The molecule has 1 aliphatic heterocycles. The average molecular weight is 323 g/mol. The number of fused-ring (bicyclic) bond motifs is 1. The Morgan fingerprint density at radius 1 is 1.33 bits per heavy atom. The van der Waals surface area contributed by atoms with Crippen LogP contribution in [0.15, 0.2) is 0 Å². The molecule has 114 valence electrons. The third-order valence-corrected chi connectivity index (χ3v) is 5.79. The zero-order valence-electron chi connectivity index (χ0n) is 12.7. The van der Waals surface area contributed by atoms with Crippen LogP contribution in [0.3, 0.4) is 0 Å². The zero-order valence-corrected chi connectivity index (χ0v) is 14.4. The molecule has 0 spiro atoms. The summed E-state index contributed by atoms with van der Waals surface area (Å²) in [6, 6.07) is 0. The SMILES string of the molecule is CCCNc1nc(C2CSCCO2)nc2sc(C)c(C)c12. The Morgan fingerprint density at radius 3 is 2.90 bits per heavy atom. The van der Waals surface area contributed by atoms with Gasteiger partial charge in [-0.3, -0.25) is 0 Å². The minimum absolute atomic E-state index is 0.0260. The van der Waals surface area contributed by atoms with Crippen LogP contribution in [0.1, 0.15) is 35.7 Å². The molecule has 1 unspecified atom stereocenters. The lowest BCUT2D eigenvalue weighted by Crippen LogP contribution is -2.19. The van der Waals surface area contributed by atoms with Crippen molar-refractivity contribution in [1.29, 1.82) is 0 Å². The van der Waals surface area contributed by atoms with E-state index in [1.807, 2.05) is 11.8 Å². The number of thiophene rings is 1. The highest BCUT2D eigenvalue weighted by atomic mass is 32.2. The van der Waals surface area contributed by atoms with Gasteiger partial charge in [-0.25, -0.2) is 9.97 Å². The fourth-order valence-corrected chi connectivity index (χ4v) is 4.29. The first-order chi connectivity index (χ1) is 10.2. The fraction of sp³-hybridized carbons (Fsp3) is 0.600. The summed E-state index contributed by atoms with van der Waals surface area (Å²) < 4.78 is 5.84. The van der Waals surface area contributed by atoms with Crippen LogP contribution in [0, 0.1) is 13.8 Å². The van der Waals surface area contributed by atoms with E-state index in [1.165, 1.54) is 15.8 Å². The highest BCUT2D eigenvalue weighted by Crippen LogP contribution is 2.35. The van der Waals surface area contributed by atoms with Gasteiger partial charge in [0.25, 0.3) is 0 Å². The van der Waals surface area contributed by atoms with Crippen molar-refractivity contribution in [1.82, 2.24) is 9.97 Å². The van der Waals surface area contributed by atoms with Gasteiger partial charge in [0.2, 0.25) is 0 Å². The number of aromatic nitrogens is 2. The Labute approximate surface area is 133 Å². The van der Waals surface area contributed by atoms with E-state index in [0.717, 1.165) is 47.6 Å². The van der Waals surface area contributed by atoms with E-state index in [1.54, 1.807) is 11.3 Å². The van der Waals surface area contributed by atoms with Crippen LogP contribution in [-0.2, 0) is 4.74 Å². The van der Waals surface area contributed by atoms with E-state index in [4.69, 9.17) is 14.7 Å². The molecule has 0 bridgehead atoms. The molecule has 0 aromatic carbocycles. The maximum atomic E-state index is 5.84. The normalized spacial score (nSPS) is 19.1. The molecule has 0 radical (unpaired) electrons. The topological polar surface area (TPSA) is 47.0 Å². The molecular formula is C15H21N3OS2. The quantitative estimate of drug-likeness (QED) is 0.923. The van der Waals surface area contributed by atoms with E-state index in [-0.39, 0.29) is 6.10 Å². The Morgan fingerprint density at radius 2 is 2.19 bits per heavy atom. The molecule has 0 aliphatic carbocycles. The lowest BCUT2D eigenvalue weighted by atomic mass is 10.2. The smallest absolute Gasteiger partial charge is 0.162 e. The first-order valence-corrected chi connectivity index (χ1v) is 9.38. The molecule has 21 heavy (non-hydrogen) atoms. The number of nitrogens with one attached hydrogen (secondary N) is 1. The minimum atomic E-state index is 0.0260. The van der Waals surface area contributed by atoms with Crippen LogP contribution in [0.5, 0.6) is 0 Å². The molecule has 0 saturated carbocycles. The molecule has 3 heterocycles. The molecule has 0 amide bonds. The maximum absolute atomic E-state index is 5.84. The third-order valence-electron chi connectivity index (χ3n) is 3.69. The molecule has 6 heteroatoms. The summed E-state index contributed by atoms with van der Waals surface area (Å²) in [6.07, 6.45) is 1.11. The van der Waals surface area contributed by atoms with Crippen molar-refractivity contribution in [2.45, 2.75) is 33.3 Å². The van der Waals surface area contributed by atoms with E-state index < -0.39 is 0 Å². The largest absolute Gasteiger partial charge is 0.369 e. The van der Waals surface area contributed by atoms with Crippen LogP contribution >= 0.6 is 23.1 Å². The highest BCUT2D eigenvalue weighted by Gasteiger charge is 2.22. The lowest BCUT2D eigenvalue weighted by Gasteiger charge is -2.21. The number of aryl methyl sites for hydroxylation is 2. The van der Waals surface area contributed by atoms with Crippen LogP contribution in [0.2, 0.25) is 0 Å². The van der Waals surface area contributed by atoms with E-state index >= 15 is 0 Å². The van der Waals surface area contributed by atoms with Gasteiger partial charge in [0.15, 0.2) is 5.82 Å². The van der Waals surface area contributed by atoms with Crippen molar-refractivity contribution in [2.75, 3.05) is 30.0 Å². The molecule has 4 nitrogen and oxygen atoms in total. The summed E-state index contributed by atoms with van der Waals surface area (Å²) in [4.78, 5) is 12.0. The van der Waals surface area contributed by atoms with Crippen LogP contribution in [0.4, 0.5) is 5.82 Å². The Kier molecular flexibility index (Phi) is 4.66. The van der Waals surface area contributed by atoms with Crippen molar-refractivity contribution >= 4 is 39.1 Å². The summed E-state index contributed by atoms with van der Waals surface area (Å²) in [6.45, 7) is 8.19. The van der Waals surface area contributed by atoms with Crippen molar-refractivity contribution in [3.63, 3.8) is 0 Å². The van der Waals surface area contributed by atoms with Gasteiger partial charge < -0.3 is 10.1 Å². The molecule has 1 saturated heterocycles. The Bertz CT molecular complexity index is 635. The van der Waals surface area contributed by atoms with Gasteiger partial charge in [-0.05, 0) is 25.8 Å². The van der Waals surface area contributed by atoms with Gasteiger partial charge >= 0.3 is 0 Å². The van der Waals surface area contributed by atoms with Gasteiger partial charge in [-0.1, -0.05) is 6.92 Å². The minimum Gasteiger partial charge on any atom is -0.369 e. The van der Waals surface area contributed by atoms with Gasteiger partial charge in [0.1, 0.15) is 16.8 Å². The molecular weight excluding hydrogens is 302 g/mol. The molecule has 1 N–H and O–H groups in total. The van der Waals surface area contributed by atoms with Gasteiger partial charge in [0, 0.05) is 22.9 Å². The molecule has 1 atom stereocenters. The van der Waals surface area contributed by atoms with Gasteiger partial charge in [-0.15, -0.1) is 11.3 Å². The number of rotatable bonds is 4. The van der Waals surface area contributed by atoms with E-state index in [2.05, 4.69) is 26.1 Å². The molecule has 3 rings (SSSR count). The predicted molar refractivity (Wildman–Crippen MR) is 91.7 cm³/mol. The average Bonchev–Trinajstić information content (AvgIpc) is 2.80. The number of thioether (sulfide) groups is 1. The number of hydrogen-bond acceptors (Lipinski definition) is 6. The Hall–Kier alpha value is -0.850. The van der Waals surface area contributed by atoms with Gasteiger partial charge in [-0.2, -0.15) is 11.8 Å². The van der Waals surface area contributed by atoms with Crippen LogP contribution in [-0.4, -0.2) is 34.6 Å². The second-order valence-corrected chi connectivity index (χ2v) is 7.61. The summed E-state index contributed by atoms with van der Waals surface area (Å²) in [7, 11) is 0. The second-order valence-electron chi connectivity index (χ2n) is 5.25. The second kappa shape index (κ2) is 6.50. The van der Waals surface area contributed by atoms with Crippen LogP contribution in [0.25, 0.3) is 10.2 Å². The van der Waals surface area contributed by atoms with Crippen molar-refractivity contribution in [2.24, 2.45) is 0 Å². The molecule has 2 aromatic rings. The summed E-state index contributed by atoms with van der Waals surface area (Å²) in [5.74, 6) is 3.81. The monoisotopic (exact) mass is 323 g/mol. The summed E-state index contributed by atoms with van der Waals surface area (Å²) in [5.41, 5.74) is 1.29. The van der Waals surface area contributed by atoms with Gasteiger partial charge in [0.05, 0.1) is 12.0 Å². The Balaban J connectivity index is 2.05. The van der Waals surface area contributed by atoms with Crippen molar-refractivity contribution < 1.29 is 4.74 Å². The number of hydrogen-bond donors (Lipinski definition) is 1. The lowest BCUT2D eigenvalue weighted by molar-refractivity contribution is 0.0698. The molecule has 2 aromatic heterocycles. The zero-order chi connectivity index (χ0) is 14.8. The molecule has 1 fully saturated rings. The first-order valence-electron chi connectivity index (χ1n) is 7.41. The number of anilines is 1. The predicted octanol–water partition coefficient (Wildman–Crippen LogP) is 3.93. The van der Waals surface area contributed by atoms with Crippen LogP contribution < -0.4 is 5.32 Å².